The number of halogens is 1. The summed E-state index contributed by atoms with van der Waals surface area (Å²) in [5.74, 6) is 0.275. The number of nitrogens with one attached hydrogen (secondary N) is 1. The average molecular weight is 315 g/mol. The van der Waals surface area contributed by atoms with E-state index < -0.39 is 0 Å². The van der Waals surface area contributed by atoms with E-state index in [0.717, 1.165) is 36.4 Å². The van der Waals surface area contributed by atoms with E-state index in [-0.39, 0.29) is 5.82 Å². The molecule has 2 aromatic carbocycles. The van der Waals surface area contributed by atoms with Crippen molar-refractivity contribution in [2.24, 2.45) is 0 Å². The average Bonchev–Trinajstić information content (AvgIpc) is 2.53. The van der Waals surface area contributed by atoms with Gasteiger partial charge in [-0.25, -0.2) is 4.39 Å². The largest absolute Gasteiger partial charge is 0.317 e. The van der Waals surface area contributed by atoms with Gasteiger partial charge in [-0.1, -0.05) is 30.0 Å². The number of rotatable bonds is 3. The molecule has 0 aliphatic carbocycles. The highest BCUT2D eigenvalue weighted by molar-refractivity contribution is 7.99. The van der Waals surface area contributed by atoms with Gasteiger partial charge in [0.1, 0.15) is 5.82 Å². The molecular formula is C19H22FNS. The molecule has 0 amide bonds. The van der Waals surface area contributed by atoms with E-state index in [9.17, 15) is 4.39 Å². The van der Waals surface area contributed by atoms with Crippen LogP contribution in [0.25, 0.3) is 0 Å². The first-order chi connectivity index (χ1) is 10.7. The van der Waals surface area contributed by atoms with Gasteiger partial charge in [0.05, 0.1) is 0 Å². The Labute approximate surface area is 136 Å². The third-order valence-corrected chi connectivity index (χ3v) is 5.77. The summed E-state index contributed by atoms with van der Waals surface area (Å²) in [4.78, 5) is 2.29. The van der Waals surface area contributed by atoms with Gasteiger partial charge in [-0.3, -0.25) is 0 Å². The van der Waals surface area contributed by atoms with Crippen molar-refractivity contribution in [3.8, 4) is 0 Å². The maximum Gasteiger partial charge on any atom is 0.127 e. The molecule has 3 heteroatoms. The van der Waals surface area contributed by atoms with Crippen molar-refractivity contribution in [1.29, 1.82) is 0 Å². The van der Waals surface area contributed by atoms with Crippen LogP contribution in [0.15, 0.2) is 46.2 Å². The van der Waals surface area contributed by atoms with E-state index in [1.165, 1.54) is 16.0 Å². The molecule has 0 bridgehead atoms. The van der Waals surface area contributed by atoms with Crippen LogP contribution in [-0.2, 0) is 0 Å². The molecule has 1 N–H and O–H groups in total. The van der Waals surface area contributed by atoms with Gasteiger partial charge in [-0.2, -0.15) is 0 Å². The maximum atomic E-state index is 14.5. The predicted octanol–water partition coefficient (Wildman–Crippen LogP) is 5.06. The number of hydrogen-bond donors (Lipinski definition) is 1. The lowest BCUT2D eigenvalue weighted by Crippen LogP contribution is -2.27. The minimum atomic E-state index is -0.0535. The van der Waals surface area contributed by atoms with Gasteiger partial charge in [0.15, 0.2) is 0 Å². The van der Waals surface area contributed by atoms with Crippen LogP contribution in [0.2, 0.25) is 0 Å². The number of benzene rings is 2. The van der Waals surface area contributed by atoms with Gasteiger partial charge < -0.3 is 5.32 Å². The summed E-state index contributed by atoms with van der Waals surface area (Å²) in [6, 6.07) is 11.8. The number of hydrogen-bond acceptors (Lipinski definition) is 2. The highest BCUT2D eigenvalue weighted by Gasteiger charge is 2.22. The summed E-state index contributed by atoms with van der Waals surface area (Å²) in [6.45, 7) is 6.22. The summed E-state index contributed by atoms with van der Waals surface area (Å²) < 4.78 is 14.5. The van der Waals surface area contributed by atoms with E-state index >= 15 is 0 Å². The van der Waals surface area contributed by atoms with Crippen molar-refractivity contribution in [1.82, 2.24) is 5.32 Å². The van der Waals surface area contributed by atoms with Crippen LogP contribution in [-0.4, -0.2) is 13.1 Å². The van der Waals surface area contributed by atoms with Crippen LogP contribution >= 0.6 is 11.8 Å². The van der Waals surface area contributed by atoms with Crippen molar-refractivity contribution in [2.45, 2.75) is 42.4 Å². The molecule has 116 valence electrons. The molecule has 0 saturated carbocycles. The zero-order chi connectivity index (χ0) is 15.5. The molecule has 1 heterocycles. The molecular weight excluding hydrogens is 293 g/mol. The topological polar surface area (TPSA) is 12.0 Å². The van der Waals surface area contributed by atoms with Gasteiger partial charge >= 0.3 is 0 Å². The van der Waals surface area contributed by atoms with Gasteiger partial charge in [0.25, 0.3) is 0 Å². The van der Waals surface area contributed by atoms with E-state index in [1.54, 1.807) is 17.8 Å². The molecule has 1 aliphatic rings. The Morgan fingerprint density at radius 3 is 2.45 bits per heavy atom. The fourth-order valence-electron chi connectivity index (χ4n) is 3.07. The van der Waals surface area contributed by atoms with Gasteiger partial charge in [-0.05, 0) is 75.0 Å². The maximum absolute atomic E-state index is 14.5. The summed E-state index contributed by atoms with van der Waals surface area (Å²) in [5, 5.41) is 3.36. The summed E-state index contributed by atoms with van der Waals surface area (Å²) >= 11 is 1.70. The Hall–Kier alpha value is -1.32. The molecule has 0 atom stereocenters. The first-order valence-electron chi connectivity index (χ1n) is 7.90. The minimum absolute atomic E-state index is 0.0535. The summed E-state index contributed by atoms with van der Waals surface area (Å²) in [7, 11) is 0. The zero-order valence-corrected chi connectivity index (χ0v) is 14.0. The molecule has 0 spiro atoms. The normalized spacial score (nSPS) is 16.0. The summed E-state index contributed by atoms with van der Waals surface area (Å²) in [5.41, 5.74) is 3.48. The lowest BCUT2D eigenvalue weighted by Gasteiger charge is -2.25. The molecule has 3 rings (SSSR count). The third-order valence-electron chi connectivity index (χ3n) is 4.54. The number of aryl methyl sites for hydroxylation is 1. The monoisotopic (exact) mass is 315 g/mol. The van der Waals surface area contributed by atoms with Crippen molar-refractivity contribution in [3.05, 3.63) is 58.9 Å². The lowest BCUT2D eigenvalue weighted by atomic mass is 9.90. The van der Waals surface area contributed by atoms with Crippen LogP contribution in [0.3, 0.4) is 0 Å². The van der Waals surface area contributed by atoms with Crippen LogP contribution in [0.1, 0.15) is 35.4 Å². The highest BCUT2D eigenvalue weighted by atomic mass is 32.2. The van der Waals surface area contributed by atoms with Crippen molar-refractivity contribution in [3.63, 3.8) is 0 Å². The predicted molar refractivity (Wildman–Crippen MR) is 91.3 cm³/mol. The van der Waals surface area contributed by atoms with E-state index in [0.29, 0.717) is 5.92 Å². The van der Waals surface area contributed by atoms with Crippen LogP contribution in [0.4, 0.5) is 4.39 Å². The standard InChI is InChI=1S/C19H22FNS/c1-13-5-3-7-17(14(13)2)22-18-8-4-6-16(20)19(18)15-9-11-21-12-10-15/h3-8,15,21H,9-12H2,1-2H3. The Morgan fingerprint density at radius 2 is 1.68 bits per heavy atom. The fraction of sp³-hybridized carbons (Fsp3) is 0.368. The third kappa shape index (κ3) is 3.21. The highest BCUT2D eigenvalue weighted by Crippen LogP contribution is 2.39. The van der Waals surface area contributed by atoms with Crippen molar-refractivity contribution in [2.75, 3.05) is 13.1 Å². The van der Waals surface area contributed by atoms with Crippen molar-refractivity contribution >= 4 is 11.8 Å². The van der Waals surface area contributed by atoms with E-state index in [1.807, 2.05) is 6.07 Å². The zero-order valence-electron chi connectivity index (χ0n) is 13.2. The Balaban J connectivity index is 1.96. The van der Waals surface area contributed by atoms with E-state index in [2.05, 4.69) is 43.4 Å². The lowest BCUT2D eigenvalue weighted by molar-refractivity contribution is 0.439. The molecule has 1 fully saturated rings. The first kappa shape index (κ1) is 15.6. The van der Waals surface area contributed by atoms with Gasteiger partial charge in [-0.15, -0.1) is 0 Å². The molecule has 0 unspecified atom stereocenters. The Bertz CT molecular complexity index is 662. The van der Waals surface area contributed by atoms with Crippen molar-refractivity contribution < 1.29 is 4.39 Å². The Kier molecular flexibility index (Phi) is 4.84. The first-order valence-corrected chi connectivity index (χ1v) is 8.71. The van der Waals surface area contributed by atoms with Crippen LogP contribution in [0, 0.1) is 19.7 Å². The molecule has 1 aliphatic heterocycles. The molecule has 1 nitrogen and oxygen atoms in total. The molecule has 0 radical (unpaired) electrons. The molecule has 0 aromatic heterocycles. The number of piperidine rings is 1. The molecule has 22 heavy (non-hydrogen) atoms. The van der Waals surface area contributed by atoms with Crippen LogP contribution < -0.4 is 5.32 Å². The quantitative estimate of drug-likeness (QED) is 0.849. The minimum Gasteiger partial charge on any atom is -0.317 e. The fourth-order valence-corrected chi connectivity index (χ4v) is 4.28. The Morgan fingerprint density at radius 1 is 1.00 bits per heavy atom. The smallest absolute Gasteiger partial charge is 0.127 e. The summed E-state index contributed by atoms with van der Waals surface area (Å²) in [6.07, 6.45) is 2.03. The second kappa shape index (κ2) is 6.84. The molecule has 2 aromatic rings. The molecule has 1 saturated heterocycles. The van der Waals surface area contributed by atoms with E-state index in [4.69, 9.17) is 0 Å². The van der Waals surface area contributed by atoms with Gasteiger partial charge in [0.2, 0.25) is 0 Å². The SMILES string of the molecule is Cc1cccc(Sc2cccc(F)c2C2CCNCC2)c1C. The van der Waals surface area contributed by atoms with Gasteiger partial charge in [0, 0.05) is 15.4 Å². The van der Waals surface area contributed by atoms with Crippen LogP contribution in [0.5, 0.6) is 0 Å². The second-order valence-electron chi connectivity index (χ2n) is 5.98. The second-order valence-corrected chi connectivity index (χ2v) is 7.06.